The van der Waals surface area contributed by atoms with Crippen molar-refractivity contribution < 1.29 is 4.74 Å². The van der Waals surface area contributed by atoms with E-state index in [-0.39, 0.29) is 0 Å². The van der Waals surface area contributed by atoms with Gasteiger partial charge < -0.3 is 10.1 Å². The van der Waals surface area contributed by atoms with E-state index in [0.717, 1.165) is 37.0 Å². The van der Waals surface area contributed by atoms with Crippen molar-refractivity contribution in [1.29, 1.82) is 5.26 Å². The Morgan fingerprint density at radius 1 is 1.17 bits per heavy atom. The molecular formula is C18H14IN3O. The Balaban J connectivity index is 2.31. The van der Waals surface area contributed by atoms with Crippen LogP contribution >= 0.6 is 22.6 Å². The summed E-state index contributed by atoms with van der Waals surface area (Å²) >= 11 is 2.28. The molecule has 1 aromatic heterocycles. The van der Waals surface area contributed by atoms with Gasteiger partial charge in [-0.25, -0.2) is 4.98 Å². The molecule has 0 atom stereocenters. The summed E-state index contributed by atoms with van der Waals surface area (Å²) in [6, 6.07) is 16.1. The summed E-state index contributed by atoms with van der Waals surface area (Å²) in [7, 11) is 3.46. The van der Waals surface area contributed by atoms with Crippen LogP contribution in [0.1, 0.15) is 5.69 Å². The Hall–Kier alpha value is -2.33. The molecule has 0 spiro atoms. The van der Waals surface area contributed by atoms with Crippen molar-refractivity contribution in [2.75, 3.05) is 19.5 Å². The van der Waals surface area contributed by atoms with E-state index in [4.69, 9.17) is 4.74 Å². The number of nitriles is 1. The largest absolute Gasteiger partial charge is 0.497 e. The number of aromatic nitrogens is 1. The van der Waals surface area contributed by atoms with Gasteiger partial charge in [-0.15, -0.1) is 0 Å². The van der Waals surface area contributed by atoms with E-state index in [9.17, 15) is 5.26 Å². The highest BCUT2D eigenvalue weighted by Crippen LogP contribution is 2.36. The average molecular weight is 415 g/mol. The molecule has 0 fully saturated rings. The minimum Gasteiger partial charge on any atom is -0.497 e. The van der Waals surface area contributed by atoms with Gasteiger partial charge in [-0.1, -0.05) is 24.3 Å². The third kappa shape index (κ3) is 2.70. The van der Waals surface area contributed by atoms with Crippen LogP contribution in [0.5, 0.6) is 5.75 Å². The van der Waals surface area contributed by atoms with E-state index < -0.39 is 0 Å². The molecule has 2 aromatic carbocycles. The summed E-state index contributed by atoms with van der Waals surface area (Å²) in [6.07, 6.45) is 0. The van der Waals surface area contributed by atoms with E-state index in [1.165, 1.54) is 0 Å². The van der Waals surface area contributed by atoms with Crippen LogP contribution in [-0.4, -0.2) is 19.1 Å². The molecule has 114 valence electrons. The van der Waals surface area contributed by atoms with Gasteiger partial charge in [0.2, 0.25) is 0 Å². The first-order chi connectivity index (χ1) is 11.2. The van der Waals surface area contributed by atoms with Gasteiger partial charge >= 0.3 is 0 Å². The lowest BCUT2D eigenvalue weighted by atomic mass is 10.00. The van der Waals surface area contributed by atoms with Gasteiger partial charge in [0.25, 0.3) is 0 Å². The molecule has 5 heteroatoms. The van der Waals surface area contributed by atoms with Crippen molar-refractivity contribution in [1.82, 2.24) is 4.98 Å². The predicted molar refractivity (Wildman–Crippen MR) is 101 cm³/mol. The van der Waals surface area contributed by atoms with Gasteiger partial charge in [-0.05, 0) is 51.9 Å². The maximum absolute atomic E-state index is 9.31. The molecule has 0 bridgehead atoms. The van der Waals surface area contributed by atoms with Crippen molar-refractivity contribution in [3.05, 3.63) is 51.7 Å². The topological polar surface area (TPSA) is 57.9 Å². The summed E-state index contributed by atoms with van der Waals surface area (Å²) in [5.41, 5.74) is 4.17. The Morgan fingerprint density at radius 3 is 2.52 bits per heavy atom. The fraction of sp³-hybridized carbons (Fsp3) is 0.111. The summed E-state index contributed by atoms with van der Waals surface area (Å²) in [5.74, 6) is 0.824. The Morgan fingerprint density at radius 2 is 1.91 bits per heavy atom. The lowest BCUT2D eigenvalue weighted by molar-refractivity contribution is 0.415. The van der Waals surface area contributed by atoms with Crippen LogP contribution in [-0.2, 0) is 0 Å². The number of fused-ring (bicyclic) bond motifs is 1. The quantitative estimate of drug-likeness (QED) is 0.644. The SMILES string of the molecule is CNc1c(C#N)nc2cccc(-c3ccc(OC)cc3)c2c1I. The zero-order valence-corrected chi connectivity index (χ0v) is 14.9. The van der Waals surface area contributed by atoms with E-state index in [1.807, 2.05) is 43.4 Å². The number of benzene rings is 2. The summed E-state index contributed by atoms with van der Waals surface area (Å²) < 4.78 is 6.22. The van der Waals surface area contributed by atoms with Crippen molar-refractivity contribution >= 4 is 39.2 Å². The van der Waals surface area contributed by atoms with E-state index in [2.05, 4.69) is 45.0 Å². The Bertz CT molecular complexity index is 914. The predicted octanol–water partition coefficient (Wildman–Crippen LogP) is 4.43. The highest BCUT2D eigenvalue weighted by Gasteiger charge is 2.15. The van der Waals surface area contributed by atoms with Crippen molar-refractivity contribution in [3.8, 4) is 22.9 Å². The first kappa shape index (κ1) is 15.6. The average Bonchev–Trinajstić information content (AvgIpc) is 2.61. The molecule has 0 aliphatic heterocycles. The van der Waals surface area contributed by atoms with Gasteiger partial charge in [0.1, 0.15) is 11.8 Å². The van der Waals surface area contributed by atoms with Crippen molar-refractivity contribution in [3.63, 3.8) is 0 Å². The summed E-state index contributed by atoms with van der Waals surface area (Å²) in [5, 5.41) is 13.4. The third-order valence-electron chi connectivity index (χ3n) is 3.71. The maximum Gasteiger partial charge on any atom is 0.165 e. The standard InChI is InChI=1S/C18H14IN3O/c1-21-18-15(10-20)22-14-5-3-4-13(16(14)17(18)19)11-6-8-12(23-2)9-7-11/h3-9,21H,1-2H3. The molecule has 0 saturated carbocycles. The number of nitrogens with zero attached hydrogens (tertiary/aromatic N) is 2. The van der Waals surface area contributed by atoms with Crippen LogP contribution in [0.4, 0.5) is 5.69 Å². The smallest absolute Gasteiger partial charge is 0.165 e. The van der Waals surface area contributed by atoms with Gasteiger partial charge in [0.15, 0.2) is 5.69 Å². The molecule has 1 N–H and O–H groups in total. The molecule has 3 aromatic rings. The van der Waals surface area contributed by atoms with Crippen LogP contribution in [0.3, 0.4) is 0 Å². The number of halogens is 1. The van der Waals surface area contributed by atoms with Gasteiger partial charge in [-0.3, -0.25) is 0 Å². The zero-order valence-electron chi connectivity index (χ0n) is 12.7. The lowest BCUT2D eigenvalue weighted by Crippen LogP contribution is -2.00. The number of hydrogen-bond donors (Lipinski definition) is 1. The summed E-state index contributed by atoms with van der Waals surface area (Å²) in [4.78, 5) is 4.49. The molecule has 4 nitrogen and oxygen atoms in total. The van der Waals surface area contributed by atoms with Crippen LogP contribution in [0.25, 0.3) is 22.0 Å². The molecule has 0 aliphatic rings. The zero-order chi connectivity index (χ0) is 16.4. The van der Waals surface area contributed by atoms with E-state index >= 15 is 0 Å². The molecule has 1 heterocycles. The van der Waals surface area contributed by atoms with Gasteiger partial charge in [0, 0.05) is 16.0 Å². The fourth-order valence-electron chi connectivity index (χ4n) is 2.59. The normalized spacial score (nSPS) is 10.3. The van der Waals surface area contributed by atoms with Gasteiger partial charge in [0.05, 0.1) is 18.3 Å². The second kappa shape index (κ2) is 6.42. The third-order valence-corrected chi connectivity index (χ3v) is 4.79. The highest BCUT2D eigenvalue weighted by molar-refractivity contribution is 14.1. The van der Waals surface area contributed by atoms with E-state index in [0.29, 0.717) is 5.69 Å². The van der Waals surface area contributed by atoms with Crippen LogP contribution in [0.15, 0.2) is 42.5 Å². The first-order valence-corrected chi connectivity index (χ1v) is 8.12. The number of ether oxygens (including phenoxy) is 1. The molecule has 0 aliphatic carbocycles. The number of anilines is 1. The minimum atomic E-state index is 0.413. The number of methoxy groups -OCH3 is 1. The van der Waals surface area contributed by atoms with Crippen molar-refractivity contribution in [2.24, 2.45) is 0 Å². The van der Waals surface area contributed by atoms with Crippen LogP contribution < -0.4 is 10.1 Å². The second-order valence-corrected chi connectivity index (χ2v) is 6.02. The van der Waals surface area contributed by atoms with Crippen LogP contribution in [0.2, 0.25) is 0 Å². The molecule has 3 rings (SSSR count). The molecule has 0 radical (unpaired) electrons. The number of nitrogens with one attached hydrogen (secondary N) is 1. The first-order valence-electron chi connectivity index (χ1n) is 7.04. The second-order valence-electron chi connectivity index (χ2n) is 4.94. The molecule has 0 amide bonds. The Labute approximate surface area is 148 Å². The van der Waals surface area contributed by atoms with Crippen molar-refractivity contribution in [2.45, 2.75) is 0 Å². The molecule has 0 unspecified atom stereocenters. The number of pyridine rings is 1. The lowest BCUT2D eigenvalue weighted by Gasteiger charge is -2.13. The minimum absolute atomic E-state index is 0.413. The molecule has 23 heavy (non-hydrogen) atoms. The van der Waals surface area contributed by atoms with E-state index in [1.54, 1.807) is 7.11 Å². The van der Waals surface area contributed by atoms with Gasteiger partial charge in [-0.2, -0.15) is 5.26 Å². The fourth-order valence-corrected chi connectivity index (χ4v) is 3.68. The maximum atomic E-state index is 9.31. The molecular weight excluding hydrogens is 401 g/mol. The number of rotatable bonds is 3. The molecule has 0 saturated heterocycles. The highest BCUT2D eigenvalue weighted by atomic mass is 127. The number of hydrogen-bond acceptors (Lipinski definition) is 4. The summed E-state index contributed by atoms with van der Waals surface area (Å²) in [6.45, 7) is 0. The monoisotopic (exact) mass is 415 g/mol. The van der Waals surface area contributed by atoms with Crippen LogP contribution in [0, 0.1) is 14.9 Å². The Kier molecular flexibility index (Phi) is 4.35.